The third-order valence-electron chi connectivity index (χ3n) is 0. The second-order valence-corrected chi connectivity index (χ2v) is 39.5. The predicted octanol–water partition coefficient (Wildman–Crippen LogP) is -0.765. The first-order valence-electron chi connectivity index (χ1n) is 0.655. The van der Waals surface area contributed by atoms with E-state index < -0.39 is 19.4 Å². The van der Waals surface area contributed by atoms with Gasteiger partial charge >= 0.3 is 51.8 Å². The van der Waals surface area contributed by atoms with Crippen molar-refractivity contribution in [3.05, 3.63) is 0 Å². The van der Waals surface area contributed by atoms with Crippen LogP contribution >= 0.6 is 32.4 Å². The number of rotatable bonds is 0. The van der Waals surface area contributed by atoms with Crippen molar-refractivity contribution in [1.82, 2.24) is 0 Å². The average Bonchev–Trinajstić information content (AvgIpc) is 0.811. The molecule has 8 heteroatoms. The molecule has 8 heavy (non-hydrogen) atoms. The minimum atomic E-state index is -1.20. The van der Waals surface area contributed by atoms with Gasteiger partial charge in [-0.3, -0.25) is 0 Å². The third-order valence-corrected chi connectivity index (χ3v) is 0. The molecule has 4 nitrogen and oxygen atoms in total. The van der Waals surface area contributed by atoms with Crippen LogP contribution in [0.4, 0.5) is 0 Å². The summed E-state index contributed by atoms with van der Waals surface area (Å²) in [6.45, 7) is 0. The van der Waals surface area contributed by atoms with E-state index in [0.717, 1.165) is 0 Å². The molecule has 0 aliphatic heterocycles. The molecule has 56 valence electrons. The van der Waals surface area contributed by atoms with Crippen LogP contribution in [-0.4, -0.2) is 21.9 Å². The van der Waals surface area contributed by atoms with E-state index in [-0.39, 0.29) is 21.9 Å². The molecule has 0 bridgehead atoms. The van der Waals surface area contributed by atoms with Gasteiger partial charge < -0.3 is 21.9 Å². The molecule has 0 saturated heterocycles. The number of hydrogen-bond acceptors (Lipinski definition) is 0. The molecule has 0 unspecified atom stereocenters. The summed E-state index contributed by atoms with van der Waals surface area (Å²) in [7, 11) is 9.94. The van der Waals surface area contributed by atoms with Gasteiger partial charge in [-0.2, -0.15) is 0 Å². The molecule has 0 amide bonds. The van der Waals surface area contributed by atoms with E-state index in [0.29, 0.717) is 0 Å². The Bertz CT molecular complexity index is 16.0. The van der Waals surface area contributed by atoms with Gasteiger partial charge in [0.05, 0.1) is 0 Å². The van der Waals surface area contributed by atoms with Gasteiger partial charge in [0.2, 0.25) is 0 Å². The minimum absolute atomic E-state index is 0. The zero-order valence-electron chi connectivity index (χ0n) is 3.71. The summed E-state index contributed by atoms with van der Waals surface area (Å²) < 4.78 is 0. The topological polar surface area (TPSA) is 126 Å². The van der Waals surface area contributed by atoms with E-state index in [4.69, 9.17) is 0 Å². The van der Waals surface area contributed by atoms with Gasteiger partial charge in [0, 0.05) is 0 Å². The zero-order valence-corrected chi connectivity index (χ0v) is 11.3. The second kappa shape index (κ2) is 22.8. The number of halogens is 3. The van der Waals surface area contributed by atoms with E-state index in [1.807, 2.05) is 0 Å². The molecular formula is H8Br3O4Y. The van der Waals surface area contributed by atoms with E-state index in [2.05, 4.69) is 32.4 Å². The Morgan fingerprint density at radius 2 is 0.625 bits per heavy atom. The predicted molar refractivity (Wildman–Crippen MR) is 41.2 cm³/mol. The first-order valence-corrected chi connectivity index (χ1v) is 20.1. The molecule has 0 radical (unpaired) electrons. The molecule has 0 aliphatic carbocycles. The summed E-state index contributed by atoms with van der Waals surface area (Å²) in [6.07, 6.45) is 0. The molecular weight excluding hydrogens is 393 g/mol. The Morgan fingerprint density at radius 3 is 0.625 bits per heavy atom. The van der Waals surface area contributed by atoms with Crippen LogP contribution in [0.25, 0.3) is 0 Å². The maximum atomic E-state index is 3.31. The van der Waals surface area contributed by atoms with E-state index in [9.17, 15) is 0 Å². The fourth-order valence-corrected chi connectivity index (χ4v) is 0. The van der Waals surface area contributed by atoms with E-state index in [1.165, 1.54) is 0 Å². The molecule has 0 rings (SSSR count). The molecule has 0 fully saturated rings. The van der Waals surface area contributed by atoms with Gasteiger partial charge in [-0.15, -0.1) is 0 Å². The fourth-order valence-electron chi connectivity index (χ4n) is 0. The Balaban J connectivity index is -0.00000000750. The summed E-state index contributed by atoms with van der Waals surface area (Å²) in [4.78, 5) is 0. The summed E-state index contributed by atoms with van der Waals surface area (Å²) in [5.41, 5.74) is 0. The van der Waals surface area contributed by atoms with Crippen LogP contribution in [-0.2, 0) is 19.4 Å². The van der Waals surface area contributed by atoms with Crippen LogP contribution < -0.4 is 0 Å². The van der Waals surface area contributed by atoms with Crippen molar-refractivity contribution in [1.29, 1.82) is 0 Å². The Morgan fingerprint density at radius 1 is 0.625 bits per heavy atom. The van der Waals surface area contributed by atoms with Crippen molar-refractivity contribution < 1.29 is 41.3 Å². The standard InChI is InChI=1S/3BrH.4H2O.Y/h3*1H;4*1H2;/q;;;;;;;+3/p-3. The molecule has 8 N–H and O–H groups in total. The first kappa shape index (κ1) is 31.5. The quantitative estimate of drug-likeness (QED) is 0.506. The normalized spacial score (nSPS) is 3.38. The van der Waals surface area contributed by atoms with Crippen molar-refractivity contribution in [3.8, 4) is 0 Å². The molecule has 0 aromatic heterocycles. The molecule has 0 aliphatic rings. The maximum absolute atomic E-state index is 3.31. The van der Waals surface area contributed by atoms with Crippen molar-refractivity contribution >= 4 is 32.4 Å². The molecule has 0 heterocycles. The van der Waals surface area contributed by atoms with E-state index in [1.54, 1.807) is 0 Å². The Kier molecular flexibility index (Phi) is 89.7. The summed E-state index contributed by atoms with van der Waals surface area (Å²) >= 11 is -1.20. The van der Waals surface area contributed by atoms with Crippen LogP contribution in [0, 0.1) is 0 Å². The first-order chi connectivity index (χ1) is 1.73. The van der Waals surface area contributed by atoms with Gasteiger partial charge in [-0.05, 0) is 0 Å². The summed E-state index contributed by atoms with van der Waals surface area (Å²) in [5, 5.41) is 0. The Hall–Kier alpha value is 2.38. The fraction of sp³-hybridized carbons (Fsp3) is 0. The number of hydrogen-bond donors (Lipinski definition) is 0. The van der Waals surface area contributed by atoms with Gasteiger partial charge in [-0.1, -0.05) is 0 Å². The monoisotopic (exact) mass is 398 g/mol. The summed E-state index contributed by atoms with van der Waals surface area (Å²) in [5.74, 6) is 0. The van der Waals surface area contributed by atoms with Gasteiger partial charge in [0.25, 0.3) is 0 Å². The zero-order chi connectivity index (χ0) is 3.58. The average molecular weight is 401 g/mol. The van der Waals surface area contributed by atoms with Gasteiger partial charge in [0.1, 0.15) is 0 Å². The van der Waals surface area contributed by atoms with Crippen molar-refractivity contribution in [2.75, 3.05) is 0 Å². The van der Waals surface area contributed by atoms with Crippen molar-refractivity contribution in [2.45, 2.75) is 0 Å². The van der Waals surface area contributed by atoms with Crippen LogP contribution in [0.15, 0.2) is 0 Å². The van der Waals surface area contributed by atoms with Crippen LogP contribution in [0.5, 0.6) is 0 Å². The molecule has 0 atom stereocenters. The van der Waals surface area contributed by atoms with Gasteiger partial charge in [0.15, 0.2) is 0 Å². The molecule has 0 aromatic carbocycles. The van der Waals surface area contributed by atoms with Crippen molar-refractivity contribution in [3.63, 3.8) is 0 Å². The van der Waals surface area contributed by atoms with Crippen LogP contribution in [0.1, 0.15) is 0 Å². The van der Waals surface area contributed by atoms with Gasteiger partial charge in [-0.25, -0.2) is 0 Å². The third kappa shape index (κ3) is 80.4. The van der Waals surface area contributed by atoms with Crippen LogP contribution in [0.3, 0.4) is 0 Å². The SMILES string of the molecule is O.O.O.O.[Br][Y]([Br])[Br]. The molecule has 0 spiro atoms. The van der Waals surface area contributed by atoms with Crippen molar-refractivity contribution in [2.24, 2.45) is 0 Å². The summed E-state index contributed by atoms with van der Waals surface area (Å²) in [6, 6.07) is 0. The van der Waals surface area contributed by atoms with Crippen LogP contribution in [0.2, 0.25) is 0 Å². The Labute approximate surface area is 72.4 Å². The van der Waals surface area contributed by atoms with E-state index >= 15 is 0 Å². The second-order valence-electron chi connectivity index (χ2n) is 0.247. The molecule has 0 aromatic rings. The molecule has 0 saturated carbocycles.